The Morgan fingerprint density at radius 2 is 0.396 bits per heavy atom. The van der Waals surface area contributed by atoms with Crippen molar-refractivity contribution in [2.45, 2.75) is 49.9 Å². The molecule has 0 aromatic heterocycles. The molecule has 0 aliphatic carbocycles. The highest BCUT2D eigenvalue weighted by atomic mass is 28.4. The summed E-state index contributed by atoms with van der Waals surface area (Å²) in [6, 6.07) is 20.1. The molecule has 276 valence electrons. The van der Waals surface area contributed by atoms with Crippen LogP contribution in [-0.2, 0) is 78.8 Å². The molecular weight excluding hydrogens is 689 g/mol. The van der Waals surface area contributed by atoms with Crippen molar-refractivity contribution in [2.75, 3.05) is 85.3 Å². The molecule has 0 N–H and O–H groups in total. The van der Waals surface area contributed by atoms with Crippen LogP contribution in [0.5, 0.6) is 0 Å². The summed E-state index contributed by atoms with van der Waals surface area (Å²) >= 11 is 0. The smallest absolute Gasteiger partial charge is 0.377 e. The molecule has 0 unspecified atom stereocenters. The van der Waals surface area contributed by atoms with Crippen LogP contribution in [0, 0.1) is 0 Å². The van der Waals surface area contributed by atoms with Crippen molar-refractivity contribution in [1.29, 1.82) is 0 Å². The first-order valence-electron chi connectivity index (χ1n) is 15.8. The largest absolute Gasteiger partial charge is 0.500 e. The van der Waals surface area contributed by atoms with E-state index in [1.165, 1.54) is 22.3 Å². The molecule has 2 rings (SSSR count). The van der Waals surface area contributed by atoms with Crippen molar-refractivity contribution in [2.24, 2.45) is 0 Å². The third-order valence-corrected chi connectivity index (χ3v) is 19.6. The fourth-order valence-electron chi connectivity index (χ4n) is 5.16. The molecule has 48 heavy (non-hydrogen) atoms. The Balaban J connectivity index is 0.000000480. The molecule has 12 nitrogen and oxygen atoms in total. The van der Waals surface area contributed by atoms with E-state index in [1.54, 1.807) is 85.3 Å². The number of hydrogen-bond acceptors (Lipinski definition) is 12. The predicted octanol–water partition coefficient (Wildman–Crippen LogP) is 5.06. The first-order valence-corrected chi connectivity index (χ1v) is 23.5. The van der Waals surface area contributed by atoms with Crippen LogP contribution in [0.4, 0.5) is 0 Å². The number of hydrogen-bond donors (Lipinski definition) is 0. The van der Waals surface area contributed by atoms with E-state index in [2.05, 4.69) is 48.5 Å². The van der Waals surface area contributed by atoms with E-state index in [9.17, 15) is 0 Å². The van der Waals surface area contributed by atoms with Crippen molar-refractivity contribution in [3.63, 3.8) is 0 Å². The van der Waals surface area contributed by atoms with Gasteiger partial charge < -0.3 is 53.1 Å². The van der Waals surface area contributed by atoms with Crippen LogP contribution in [0.3, 0.4) is 0 Å². The molecule has 0 fully saturated rings. The Labute approximate surface area is 293 Å². The topological polar surface area (TPSA) is 111 Å². The van der Waals surface area contributed by atoms with Crippen molar-refractivity contribution >= 4 is 35.2 Å². The lowest BCUT2D eigenvalue weighted by Gasteiger charge is -2.24. The first kappa shape index (κ1) is 44.8. The number of aryl methyl sites for hydroxylation is 4. The van der Waals surface area contributed by atoms with Crippen molar-refractivity contribution < 1.29 is 53.1 Å². The third-order valence-electron chi connectivity index (χ3n) is 8.66. The number of rotatable bonds is 24. The molecule has 0 atom stereocenters. The Morgan fingerprint density at radius 3 is 0.500 bits per heavy atom. The second kappa shape index (κ2) is 23.3. The van der Waals surface area contributed by atoms with Gasteiger partial charge in [-0.3, -0.25) is 0 Å². The van der Waals surface area contributed by atoms with Gasteiger partial charge in [0.05, 0.1) is 0 Å². The molecule has 0 saturated carbocycles. The molecule has 0 aliphatic heterocycles. The van der Waals surface area contributed by atoms with Gasteiger partial charge in [-0.25, -0.2) is 0 Å². The van der Waals surface area contributed by atoms with Crippen LogP contribution in [0.2, 0.25) is 24.2 Å². The van der Waals surface area contributed by atoms with Gasteiger partial charge in [-0.2, -0.15) is 0 Å². The molecule has 0 heterocycles. The first-order chi connectivity index (χ1) is 23.0. The van der Waals surface area contributed by atoms with Crippen molar-refractivity contribution in [3.05, 3.63) is 70.8 Å². The summed E-state index contributed by atoms with van der Waals surface area (Å²) in [5.74, 6) is 0. The fraction of sp³-hybridized carbons (Fsp3) is 0.625. The Hall–Kier alpha value is -1.17. The maximum Gasteiger partial charge on any atom is 0.500 e. The fourth-order valence-corrected chi connectivity index (χ4v) is 12.0. The standard InChI is InChI=1S/2C16H30O6Si2/c2*1-17-23(18-2,19-3)13-11-15-7-9-16(10-8-15)12-14-24(20-4,21-5)22-6/h2*7-10H,11-14H2,1-6H3. The zero-order chi connectivity index (χ0) is 36.1. The molecule has 0 spiro atoms. The van der Waals surface area contributed by atoms with E-state index in [0.29, 0.717) is 0 Å². The van der Waals surface area contributed by atoms with E-state index >= 15 is 0 Å². The van der Waals surface area contributed by atoms with E-state index in [-0.39, 0.29) is 0 Å². The predicted molar refractivity (Wildman–Crippen MR) is 194 cm³/mol. The van der Waals surface area contributed by atoms with Crippen LogP contribution in [-0.4, -0.2) is 121 Å². The summed E-state index contributed by atoms with van der Waals surface area (Å²) in [5.41, 5.74) is 4.93. The maximum absolute atomic E-state index is 5.45. The molecule has 0 aliphatic rings. The van der Waals surface area contributed by atoms with E-state index in [1.807, 2.05) is 0 Å². The summed E-state index contributed by atoms with van der Waals surface area (Å²) in [5, 5.41) is 0. The van der Waals surface area contributed by atoms with Gasteiger partial charge >= 0.3 is 35.2 Å². The van der Waals surface area contributed by atoms with E-state index < -0.39 is 35.2 Å². The highest BCUT2D eigenvalue weighted by Crippen LogP contribution is 2.21. The lowest BCUT2D eigenvalue weighted by molar-refractivity contribution is 0.123. The summed E-state index contributed by atoms with van der Waals surface area (Å²) in [6.45, 7) is 0. The Kier molecular flexibility index (Phi) is 21.8. The molecule has 0 bridgehead atoms. The lowest BCUT2D eigenvalue weighted by atomic mass is 10.1. The minimum absolute atomic E-state index is 0.753. The summed E-state index contributed by atoms with van der Waals surface area (Å²) in [6.07, 6.45) is 3.42. The van der Waals surface area contributed by atoms with Crippen LogP contribution >= 0.6 is 0 Å². The SMILES string of the molecule is CO[Si](CCc1ccc(CC[Si](OC)(OC)OC)cc1)(OC)OC.CO[Si](CCc1ccc(CC[Si](OC)(OC)OC)cc1)(OC)OC. The zero-order valence-corrected chi connectivity index (χ0v) is 35.2. The van der Waals surface area contributed by atoms with Gasteiger partial charge in [0.25, 0.3) is 0 Å². The van der Waals surface area contributed by atoms with Crippen LogP contribution < -0.4 is 0 Å². The summed E-state index contributed by atoms with van der Waals surface area (Å²) in [7, 11) is 9.61. The minimum Gasteiger partial charge on any atom is -0.377 e. The highest BCUT2D eigenvalue weighted by molar-refractivity contribution is 6.61. The van der Waals surface area contributed by atoms with Gasteiger partial charge in [-0.15, -0.1) is 0 Å². The molecule has 0 saturated heterocycles. The maximum atomic E-state index is 5.45. The molecule has 2 aromatic carbocycles. The van der Waals surface area contributed by atoms with Gasteiger partial charge in [0.15, 0.2) is 0 Å². The van der Waals surface area contributed by atoms with Gasteiger partial charge in [-0.1, -0.05) is 48.5 Å². The average Bonchev–Trinajstić information content (AvgIpc) is 3.16. The van der Waals surface area contributed by atoms with E-state index in [4.69, 9.17) is 53.1 Å². The van der Waals surface area contributed by atoms with E-state index in [0.717, 1.165) is 49.9 Å². The molecule has 0 amide bonds. The van der Waals surface area contributed by atoms with Gasteiger partial charge in [0.2, 0.25) is 0 Å². The van der Waals surface area contributed by atoms with Crippen LogP contribution in [0.1, 0.15) is 22.3 Å². The van der Waals surface area contributed by atoms with Gasteiger partial charge in [0.1, 0.15) is 0 Å². The lowest BCUT2D eigenvalue weighted by Crippen LogP contribution is -2.43. The Morgan fingerprint density at radius 1 is 0.271 bits per heavy atom. The normalized spacial score (nSPS) is 12.6. The quantitative estimate of drug-likeness (QED) is 0.134. The summed E-state index contributed by atoms with van der Waals surface area (Å²) < 4.78 is 65.4. The number of benzene rings is 2. The molecule has 2 aromatic rings. The van der Waals surface area contributed by atoms with Gasteiger partial charge in [-0.05, 0) is 47.9 Å². The zero-order valence-electron chi connectivity index (χ0n) is 31.2. The van der Waals surface area contributed by atoms with Crippen molar-refractivity contribution in [3.8, 4) is 0 Å². The van der Waals surface area contributed by atoms with Crippen LogP contribution in [0.25, 0.3) is 0 Å². The third kappa shape index (κ3) is 13.9. The molecular formula is C32H60O12Si4. The Bertz CT molecular complexity index is 889. The van der Waals surface area contributed by atoms with Crippen molar-refractivity contribution in [1.82, 2.24) is 0 Å². The second-order valence-corrected chi connectivity index (χ2v) is 23.2. The molecule has 16 heteroatoms. The molecule has 0 radical (unpaired) electrons. The summed E-state index contributed by atoms with van der Waals surface area (Å²) in [4.78, 5) is 0. The highest BCUT2D eigenvalue weighted by Gasteiger charge is 2.39. The second-order valence-electron chi connectivity index (χ2n) is 10.8. The van der Waals surface area contributed by atoms with Crippen LogP contribution in [0.15, 0.2) is 48.5 Å². The monoisotopic (exact) mass is 748 g/mol. The minimum atomic E-state index is -2.51. The van der Waals surface area contributed by atoms with Gasteiger partial charge in [0, 0.05) is 109 Å². The average molecular weight is 749 g/mol.